The molecule has 0 aliphatic heterocycles. The lowest BCUT2D eigenvalue weighted by atomic mass is 10.4. The lowest BCUT2D eigenvalue weighted by Crippen LogP contribution is -2.38. The van der Waals surface area contributed by atoms with E-state index in [1.165, 1.54) is 6.42 Å². The van der Waals surface area contributed by atoms with Crippen molar-refractivity contribution >= 4 is 5.91 Å². The van der Waals surface area contributed by atoms with Crippen molar-refractivity contribution in [1.29, 1.82) is 0 Å². The van der Waals surface area contributed by atoms with Crippen molar-refractivity contribution in [3.05, 3.63) is 0 Å². The van der Waals surface area contributed by atoms with Gasteiger partial charge in [0.25, 0.3) is 0 Å². The van der Waals surface area contributed by atoms with Crippen LogP contribution in [-0.2, 0) is 14.3 Å². The third-order valence-corrected chi connectivity index (χ3v) is 3.63. The molecule has 0 atom stereocenters. The van der Waals surface area contributed by atoms with Crippen molar-refractivity contribution in [3.8, 4) is 0 Å². The molecule has 0 aromatic heterocycles. The van der Waals surface area contributed by atoms with E-state index >= 15 is 0 Å². The van der Waals surface area contributed by atoms with Gasteiger partial charge >= 0.3 is 0 Å². The van der Waals surface area contributed by atoms with Crippen LogP contribution in [0.1, 0.15) is 13.3 Å². The summed E-state index contributed by atoms with van der Waals surface area (Å²) in [4.78, 5) is 11.4. The average molecular weight is 391 g/mol. The minimum Gasteiger partial charge on any atom is -0.382 e. The summed E-state index contributed by atoms with van der Waals surface area (Å²) >= 11 is 0. The number of hydrogen-bond acceptors (Lipinski definition) is 8. The molecule has 0 radical (unpaired) electrons. The number of carbonyl (C=O) groups excluding carboxylic acids is 1. The van der Waals surface area contributed by atoms with E-state index in [1.807, 2.05) is 0 Å². The van der Waals surface area contributed by atoms with Crippen molar-refractivity contribution in [1.82, 2.24) is 31.9 Å². The molecule has 0 spiro atoms. The van der Waals surface area contributed by atoms with Gasteiger partial charge in [-0.1, -0.05) is 6.92 Å². The predicted molar refractivity (Wildman–Crippen MR) is 110 cm³/mol. The molecule has 0 aromatic carbocycles. The summed E-state index contributed by atoms with van der Waals surface area (Å²) in [5.41, 5.74) is 0. The van der Waals surface area contributed by atoms with Crippen LogP contribution >= 0.6 is 0 Å². The van der Waals surface area contributed by atoms with Gasteiger partial charge in [-0.2, -0.15) is 0 Å². The molecular weight excluding hydrogens is 348 g/mol. The summed E-state index contributed by atoms with van der Waals surface area (Å²) in [6.07, 6.45) is 1.19. The Hall–Kier alpha value is -0.810. The van der Waals surface area contributed by atoms with E-state index in [9.17, 15) is 4.79 Å². The van der Waals surface area contributed by atoms with E-state index in [0.717, 1.165) is 65.4 Å². The zero-order valence-corrected chi connectivity index (χ0v) is 17.3. The Balaban J connectivity index is 3.07. The van der Waals surface area contributed by atoms with Crippen LogP contribution in [0.3, 0.4) is 0 Å². The van der Waals surface area contributed by atoms with Crippen molar-refractivity contribution < 1.29 is 14.3 Å². The smallest absolute Gasteiger partial charge is 0.246 e. The second-order valence-corrected chi connectivity index (χ2v) is 6.15. The van der Waals surface area contributed by atoms with Gasteiger partial charge in [-0.3, -0.25) is 4.79 Å². The second-order valence-electron chi connectivity index (χ2n) is 6.15. The third-order valence-electron chi connectivity index (χ3n) is 3.63. The summed E-state index contributed by atoms with van der Waals surface area (Å²) in [5.74, 6) is -0.0937. The molecule has 0 bridgehead atoms. The number of rotatable bonds is 22. The average Bonchev–Trinajstić information content (AvgIpc) is 2.67. The molecule has 0 fully saturated rings. The summed E-state index contributed by atoms with van der Waals surface area (Å²) in [6.45, 7) is 13.4. The van der Waals surface area contributed by atoms with Gasteiger partial charge in [0.2, 0.25) is 5.91 Å². The Kier molecular flexibility index (Phi) is 22.5. The van der Waals surface area contributed by atoms with Crippen molar-refractivity contribution in [2.45, 2.75) is 13.3 Å². The molecule has 9 heteroatoms. The first-order chi connectivity index (χ1) is 13.3. The fourth-order valence-corrected chi connectivity index (χ4v) is 2.16. The molecule has 1 amide bonds. The van der Waals surface area contributed by atoms with Gasteiger partial charge in [0.05, 0.1) is 13.2 Å². The van der Waals surface area contributed by atoms with Crippen LogP contribution in [0.2, 0.25) is 0 Å². The Labute approximate surface area is 165 Å². The Morgan fingerprint density at radius 3 is 1.56 bits per heavy atom. The first-order valence-corrected chi connectivity index (χ1v) is 10.2. The van der Waals surface area contributed by atoms with Gasteiger partial charge in [-0.25, -0.2) is 0 Å². The topological polar surface area (TPSA) is 108 Å². The number of methoxy groups -OCH3 is 1. The van der Waals surface area contributed by atoms with Crippen LogP contribution in [0.4, 0.5) is 0 Å². The van der Waals surface area contributed by atoms with Crippen LogP contribution in [-0.4, -0.2) is 105 Å². The van der Waals surface area contributed by atoms with E-state index in [-0.39, 0.29) is 12.5 Å². The summed E-state index contributed by atoms with van der Waals surface area (Å²) in [6, 6.07) is 0. The highest BCUT2D eigenvalue weighted by atomic mass is 16.5. The van der Waals surface area contributed by atoms with Crippen molar-refractivity contribution in [2.75, 3.05) is 98.9 Å². The maximum Gasteiger partial charge on any atom is 0.246 e. The van der Waals surface area contributed by atoms with Crippen LogP contribution in [0.15, 0.2) is 0 Å². The van der Waals surface area contributed by atoms with E-state index in [4.69, 9.17) is 9.47 Å². The van der Waals surface area contributed by atoms with Crippen molar-refractivity contribution in [3.63, 3.8) is 0 Å². The molecule has 0 heterocycles. The molecule has 0 aliphatic rings. The van der Waals surface area contributed by atoms with E-state index < -0.39 is 0 Å². The lowest BCUT2D eigenvalue weighted by molar-refractivity contribution is -0.126. The minimum atomic E-state index is -0.0937. The molecular formula is C18H42N6O3. The van der Waals surface area contributed by atoms with E-state index in [1.54, 1.807) is 7.11 Å². The molecule has 0 rings (SSSR count). The third kappa shape index (κ3) is 23.2. The maximum atomic E-state index is 11.4. The highest BCUT2D eigenvalue weighted by molar-refractivity contribution is 5.77. The van der Waals surface area contributed by atoms with Crippen molar-refractivity contribution in [2.24, 2.45) is 0 Å². The van der Waals surface area contributed by atoms with Crippen LogP contribution in [0, 0.1) is 0 Å². The molecule has 0 saturated carbocycles. The molecule has 162 valence electrons. The fourth-order valence-electron chi connectivity index (χ4n) is 2.16. The molecule has 0 saturated heterocycles. The molecule has 0 aliphatic carbocycles. The number of hydrogen-bond donors (Lipinski definition) is 6. The minimum absolute atomic E-state index is 0.0865. The molecule has 9 nitrogen and oxygen atoms in total. The van der Waals surface area contributed by atoms with Crippen LogP contribution < -0.4 is 31.9 Å². The Morgan fingerprint density at radius 1 is 0.667 bits per heavy atom. The lowest BCUT2D eigenvalue weighted by Gasteiger charge is -2.09. The largest absolute Gasteiger partial charge is 0.382 e. The zero-order valence-electron chi connectivity index (χ0n) is 17.3. The summed E-state index contributed by atoms with van der Waals surface area (Å²) < 4.78 is 9.98. The van der Waals surface area contributed by atoms with Gasteiger partial charge < -0.3 is 41.4 Å². The Morgan fingerprint density at radius 2 is 1.11 bits per heavy atom. The van der Waals surface area contributed by atoms with Gasteiger partial charge in [-0.15, -0.1) is 0 Å². The normalized spacial score (nSPS) is 11.0. The number of amides is 1. The SMILES string of the molecule is CCCNCCNCCNCCNCCNCCNC(=O)COCCOC. The van der Waals surface area contributed by atoms with Crippen LogP contribution in [0.5, 0.6) is 0 Å². The van der Waals surface area contributed by atoms with E-state index in [2.05, 4.69) is 38.8 Å². The fraction of sp³-hybridized carbons (Fsp3) is 0.944. The highest BCUT2D eigenvalue weighted by Crippen LogP contribution is 1.76. The van der Waals surface area contributed by atoms with Gasteiger partial charge in [0, 0.05) is 72.6 Å². The van der Waals surface area contributed by atoms with Crippen LogP contribution in [0.25, 0.3) is 0 Å². The second kappa shape index (κ2) is 23.2. The monoisotopic (exact) mass is 390 g/mol. The first kappa shape index (κ1) is 26.2. The number of carbonyl (C=O) groups is 1. The zero-order chi connectivity index (χ0) is 19.8. The van der Waals surface area contributed by atoms with Gasteiger partial charge in [0.1, 0.15) is 6.61 Å². The summed E-state index contributed by atoms with van der Waals surface area (Å²) in [5, 5.41) is 19.6. The number of nitrogens with one attached hydrogen (secondary N) is 6. The Bertz CT molecular complexity index is 311. The first-order valence-electron chi connectivity index (χ1n) is 10.2. The van der Waals surface area contributed by atoms with Gasteiger partial charge in [-0.05, 0) is 13.0 Å². The maximum absolute atomic E-state index is 11.4. The summed E-state index contributed by atoms with van der Waals surface area (Å²) in [7, 11) is 1.60. The molecule has 0 unspecified atom stereocenters. The molecule has 0 aromatic rings. The molecule has 27 heavy (non-hydrogen) atoms. The predicted octanol–water partition coefficient (Wildman–Crippen LogP) is -1.88. The quantitative estimate of drug-likeness (QED) is 0.119. The van der Waals surface area contributed by atoms with E-state index in [0.29, 0.717) is 19.8 Å². The van der Waals surface area contributed by atoms with Gasteiger partial charge in [0.15, 0.2) is 0 Å². The number of ether oxygens (including phenoxy) is 2. The highest BCUT2D eigenvalue weighted by Gasteiger charge is 1.99. The molecule has 6 N–H and O–H groups in total. The standard InChI is InChI=1S/C18H42N6O3/c1-3-4-19-5-6-20-7-8-21-9-10-22-11-12-23-13-14-24-18(25)17-27-16-15-26-2/h19-23H,3-17H2,1-2H3,(H,24,25).